The smallest absolute Gasteiger partial charge is 0.337 e. The average molecular weight is 316 g/mol. The molecule has 22 heavy (non-hydrogen) atoms. The van der Waals surface area contributed by atoms with Gasteiger partial charge >= 0.3 is 5.97 Å². The van der Waals surface area contributed by atoms with Crippen molar-refractivity contribution in [1.82, 2.24) is 0 Å². The van der Waals surface area contributed by atoms with E-state index in [2.05, 4.69) is 31.2 Å². The molecule has 0 aliphatic rings. The van der Waals surface area contributed by atoms with Crippen molar-refractivity contribution in [3.05, 3.63) is 59.2 Å². The Kier molecular flexibility index (Phi) is 5.90. The van der Waals surface area contributed by atoms with Gasteiger partial charge in [-0.15, -0.1) is 11.8 Å². The molecule has 0 aromatic heterocycles. The monoisotopic (exact) mass is 316 g/mol. The van der Waals surface area contributed by atoms with Gasteiger partial charge in [0.05, 0.1) is 19.3 Å². The molecule has 0 saturated carbocycles. The van der Waals surface area contributed by atoms with Crippen LogP contribution < -0.4 is 4.74 Å². The number of ether oxygens (including phenoxy) is 2. The zero-order valence-corrected chi connectivity index (χ0v) is 13.9. The topological polar surface area (TPSA) is 35.5 Å². The highest BCUT2D eigenvalue weighted by molar-refractivity contribution is 7.98. The quantitative estimate of drug-likeness (QED) is 0.593. The first-order chi connectivity index (χ1) is 10.6. The average Bonchev–Trinajstić information content (AvgIpc) is 2.54. The lowest BCUT2D eigenvalue weighted by molar-refractivity contribution is 0.0600. The van der Waals surface area contributed by atoms with E-state index in [4.69, 9.17) is 9.47 Å². The van der Waals surface area contributed by atoms with E-state index >= 15 is 0 Å². The Balaban J connectivity index is 2.06. The third-order valence-electron chi connectivity index (χ3n) is 3.32. The fraction of sp³-hybridized carbons (Fsp3) is 0.278. The molecule has 0 fully saturated rings. The number of esters is 1. The van der Waals surface area contributed by atoms with E-state index in [0.29, 0.717) is 12.2 Å². The van der Waals surface area contributed by atoms with Crippen molar-refractivity contribution in [3.63, 3.8) is 0 Å². The normalized spacial score (nSPS) is 10.3. The van der Waals surface area contributed by atoms with Crippen molar-refractivity contribution >= 4 is 17.7 Å². The molecule has 0 amide bonds. The molecule has 2 rings (SSSR count). The number of carbonyl (C=O) groups excluding carboxylic acids is 1. The fourth-order valence-corrected chi connectivity index (χ4v) is 2.70. The molecule has 2 aromatic carbocycles. The second-order valence-electron chi connectivity index (χ2n) is 4.94. The van der Waals surface area contributed by atoms with E-state index in [0.717, 1.165) is 17.1 Å². The van der Waals surface area contributed by atoms with Crippen LogP contribution in [0.2, 0.25) is 0 Å². The van der Waals surface area contributed by atoms with Crippen LogP contribution in [-0.4, -0.2) is 25.9 Å². The van der Waals surface area contributed by atoms with Gasteiger partial charge in [-0.25, -0.2) is 4.79 Å². The van der Waals surface area contributed by atoms with Gasteiger partial charge in [0.15, 0.2) is 0 Å². The fourth-order valence-electron chi connectivity index (χ4n) is 2.18. The minimum Gasteiger partial charge on any atom is -0.492 e. The minimum atomic E-state index is -0.351. The highest BCUT2D eigenvalue weighted by atomic mass is 32.2. The van der Waals surface area contributed by atoms with Crippen LogP contribution in [0.3, 0.4) is 0 Å². The van der Waals surface area contributed by atoms with E-state index in [9.17, 15) is 4.79 Å². The van der Waals surface area contributed by atoms with Crippen molar-refractivity contribution < 1.29 is 14.3 Å². The van der Waals surface area contributed by atoms with Gasteiger partial charge in [-0.05, 0) is 36.9 Å². The van der Waals surface area contributed by atoms with Crippen LogP contribution in [0, 0.1) is 6.92 Å². The zero-order chi connectivity index (χ0) is 15.9. The van der Waals surface area contributed by atoms with Gasteiger partial charge in [-0.3, -0.25) is 0 Å². The summed E-state index contributed by atoms with van der Waals surface area (Å²) in [4.78, 5) is 12.6. The molecule has 116 valence electrons. The van der Waals surface area contributed by atoms with Crippen molar-refractivity contribution in [3.8, 4) is 5.75 Å². The molecule has 0 aliphatic carbocycles. The van der Waals surface area contributed by atoms with Gasteiger partial charge in [-0.2, -0.15) is 0 Å². The van der Waals surface area contributed by atoms with Gasteiger partial charge in [0.1, 0.15) is 5.75 Å². The number of hydrogen-bond donors (Lipinski definition) is 0. The summed E-state index contributed by atoms with van der Waals surface area (Å²) in [5, 5.41) is 0. The number of carbonyl (C=O) groups is 1. The molecule has 0 unspecified atom stereocenters. The van der Waals surface area contributed by atoms with Crippen molar-refractivity contribution in [2.75, 3.05) is 20.0 Å². The molecular weight excluding hydrogens is 296 g/mol. The van der Waals surface area contributed by atoms with Crippen LogP contribution in [0.15, 0.2) is 47.4 Å². The predicted molar refractivity (Wildman–Crippen MR) is 89.9 cm³/mol. The SMILES string of the molecule is COC(=O)c1ccc(SC)c(OCCc2cccc(C)c2)c1. The Morgan fingerprint density at radius 1 is 1.18 bits per heavy atom. The second kappa shape index (κ2) is 7.90. The maximum atomic E-state index is 11.6. The summed E-state index contributed by atoms with van der Waals surface area (Å²) in [6.07, 6.45) is 2.82. The van der Waals surface area contributed by atoms with E-state index in [1.807, 2.05) is 12.3 Å². The van der Waals surface area contributed by atoms with E-state index in [1.54, 1.807) is 23.9 Å². The third-order valence-corrected chi connectivity index (χ3v) is 4.09. The summed E-state index contributed by atoms with van der Waals surface area (Å²) in [6.45, 7) is 2.65. The van der Waals surface area contributed by atoms with Gasteiger partial charge in [0, 0.05) is 11.3 Å². The number of benzene rings is 2. The summed E-state index contributed by atoms with van der Waals surface area (Å²) >= 11 is 1.60. The lowest BCUT2D eigenvalue weighted by atomic mass is 10.1. The zero-order valence-electron chi connectivity index (χ0n) is 13.1. The second-order valence-corrected chi connectivity index (χ2v) is 5.79. The Bertz CT molecular complexity index is 653. The van der Waals surface area contributed by atoms with E-state index < -0.39 is 0 Å². The Morgan fingerprint density at radius 2 is 2.00 bits per heavy atom. The van der Waals surface area contributed by atoms with Crippen LogP contribution in [-0.2, 0) is 11.2 Å². The number of rotatable bonds is 6. The standard InChI is InChI=1S/C18H20O3S/c1-13-5-4-6-14(11-13)9-10-21-16-12-15(18(19)20-2)7-8-17(16)22-3/h4-8,11-12H,9-10H2,1-3H3. The van der Waals surface area contributed by atoms with E-state index in [1.165, 1.54) is 18.2 Å². The van der Waals surface area contributed by atoms with Crippen LogP contribution in [0.4, 0.5) is 0 Å². The Hall–Kier alpha value is -1.94. The first-order valence-corrected chi connectivity index (χ1v) is 8.31. The first kappa shape index (κ1) is 16.4. The molecule has 0 aliphatic heterocycles. The minimum absolute atomic E-state index is 0.351. The summed E-state index contributed by atoms with van der Waals surface area (Å²) in [6, 6.07) is 13.8. The van der Waals surface area contributed by atoms with Crippen molar-refractivity contribution in [1.29, 1.82) is 0 Å². The molecule has 0 saturated heterocycles. The summed E-state index contributed by atoms with van der Waals surface area (Å²) in [5.41, 5.74) is 3.00. The summed E-state index contributed by atoms with van der Waals surface area (Å²) in [5.74, 6) is 0.374. The molecule has 3 nitrogen and oxygen atoms in total. The lowest BCUT2D eigenvalue weighted by Gasteiger charge is -2.11. The van der Waals surface area contributed by atoms with Crippen LogP contribution in [0.25, 0.3) is 0 Å². The maximum absolute atomic E-state index is 11.6. The van der Waals surface area contributed by atoms with Gasteiger partial charge < -0.3 is 9.47 Å². The summed E-state index contributed by atoms with van der Waals surface area (Å²) < 4.78 is 10.6. The van der Waals surface area contributed by atoms with Crippen LogP contribution >= 0.6 is 11.8 Å². The molecule has 0 radical (unpaired) electrons. The molecule has 0 N–H and O–H groups in total. The molecule has 0 spiro atoms. The van der Waals surface area contributed by atoms with Crippen molar-refractivity contribution in [2.24, 2.45) is 0 Å². The Morgan fingerprint density at radius 3 is 2.68 bits per heavy atom. The van der Waals surface area contributed by atoms with Gasteiger partial charge in [-0.1, -0.05) is 29.8 Å². The number of aryl methyl sites for hydroxylation is 1. The number of hydrogen-bond acceptors (Lipinski definition) is 4. The van der Waals surface area contributed by atoms with Crippen molar-refractivity contribution in [2.45, 2.75) is 18.2 Å². The largest absolute Gasteiger partial charge is 0.492 e. The maximum Gasteiger partial charge on any atom is 0.337 e. The van der Waals surface area contributed by atoms with Gasteiger partial charge in [0.25, 0.3) is 0 Å². The highest BCUT2D eigenvalue weighted by Crippen LogP contribution is 2.29. The summed E-state index contributed by atoms with van der Waals surface area (Å²) in [7, 11) is 1.38. The molecule has 0 heterocycles. The molecule has 0 bridgehead atoms. The third kappa shape index (κ3) is 4.28. The first-order valence-electron chi connectivity index (χ1n) is 7.08. The molecule has 0 atom stereocenters. The van der Waals surface area contributed by atoms with Crippen LogP contribution in [0.1, 0.15) is 21.5 Å². The number of thioether (sulfide) groups is 1. The highest BCUT2D eigenvalue weighted by Gasteiger charge is 2.10. The predicted octanol–water partition coefficient (Wildman–Crippen LogP) is 4.13. The Labute approximate surface area is 135 Å². The molecule has 2 aromatic rings. The lowest BCUT2D eigenvalue weighted by Crippen LogP contribution is -2.05. The van der Waals surface area contributed by atoms with Gasteiger partial charge in [0.2, 0.25) is 0 Å². The van der Waals surface area contributed by atoms with E-state index in [-0.39, 0.29) is 5.97 Å². The molecular formula is C18H20O3S. The van der Waals surface area contributed by atoms with Crippen LogP contribution in [0.5, 0.6) is 5.75 Å². The molecule has 4 heteroatoms. The number of methoxy groups -OCH3 is 1.